The normalized spacial score (nSPS) is 14.2. The van der Waals surface area contributed by atoms with Gasteiger partial charge in [0.15, 0.2) is 0 Å². The number of aromatic amines is 1. The number of H-pyrrole nitrogens is 1. The second-order valence-corrected chi connectivity index (χ2v) is 10.2. The highest BCUT2D eigenvalue weighted by Gasteiger charge is 2.32. The lowest BCUT2D eigenvalue weighted by Gasteiger charge is -2.27. The van der Waals surface area contributed by atoms with Crippen molar-refractivity contribution in [3.05, 3.63) is 36.0 Å². The second kappa shape index (κ2) is 15.6. The Morgan fingerprint density at radius 1 is 0.925 bits per heavy atom. The molecule has 1 heterocycles. The number of para-hydroxylation sites is 1. The first-order valence-electron chi connectivity index (χ1n) is 13.4. The van der Waals surface area contributed by atoms with Crippen LogP contribution < -0.4 is 33.2 Å². The van der Waals surface area contributed by atoms with Crippen LogP contribution in [0.1, 0.15) is 51.5 Å². The third-order valence-corrected chi connectivity index (χ3v) is 6.58. The molecule has 40 heavy (non-hydrogen) atoms. The molecule has 2 rings (SSSR count). The summed E-state index contributed by atoms with van der Waals surface area (Å²) in [7, 11) is 0. The van der Waals surface area contributed by atoms with E-state index in [1.807, 2.05) is 24.3 Å². The number of carbonyl (C=O) groups excluding carboxylic acids is 4. The van der Waals surface area contributed by atoms with Crippen molar-refractivity contribution in [1.82, 2.24) is 20.9 Å². The number of carbonyl (C=O) groups is 5. The molecule has 13 heteroatoms. The molecule has 4 amide bonds. The van der Waals surface area contributed by atoms with E-state index in [9.17, 15) is 29.1 Å². The van der Waals surface area contributed by atoms with Gasteiger partial charge in [-0.2, -0.15) is 0 Å². The Hall–Kier alpha value is -3.97. The molecule has 13 nitrogen and oxygen atoms in total. The first-order valence-corrected chi connectivity index (χ1v) is 13.4. The number of benzene rings is 1. The number of hydrogen-bond donors (Lipinski definition) is 8. The van der Waals surface area contributed by atoms with Gasteiger partial charge >= 0.3 is 5.97 Å². The number of primary amides is 1. The lowest BCUT2D eigenvalue weighted by Crippen LogP contribution is -2.58. The van der Waals surface area contributed by atoms with Crippen LogP contribution in [-0.4, -0.2) is 70.4 Å². The Morgan fingerprint density at radius 2 is 1.60 bits per heavy atom. The quantitative estimate of drug-likeness (QED) is 0.119. The smallest absolute Gasteiger partial charge is 0.326 e. The number of fused-ring (bicyclic) bond motifs is 1. The number of carboxylic acid groups (broad SMARTS) is 1. The van der Waals surface area contributed by atoms with Gasteiger partial charge in [0.2, 0.25) is 23.6 Å². The lowest BCUT2D eigenvalue weighted by atomic mass is 10.00. The van der Waals surface area contributed by atoms with Gasteiger partial charge in [0.1, 0.15) is 18.1 Å². The summed E-state index contributed by atoms with van der Waals surface area (Å²) >= 11 is 0. The van der Waals surface area contributed by atoms with Crippen molar-refractivity contribution in [1.29, 1.82) is 0 Å². The summed E-state index contributed by atoms with van der Waals surface area (Å²) in [5.74, 6) is -4.14. The molecule has 0 radical (unpaired) electrons. The van der Waals surface area contributed by atoms with Gasteiger partial charge in [0.05, 0.1) is 6.04 Å². The summed E-state index contributed by atoms with van der Waals surface area (Å²) in [6.45, 7) is 3.81. The van der Waals surface area contributed by atoms with Crippen LogP contribution in [0.15, 0.2) is 30.5 Å². The molecular weight excluding hydrogens is 518 g/mol. The molecule has 1 aromatic heterocycles. The molecule has 220 valence electrons. The first kappa shape index (κ1) is 32.2. The Morgan fingerprint density at radius 3 is 2.23 bits per heavy atom. The number of aliphatic carboxylic acids is 1. The molecule has 4 atom stereocenters. The number of nitrogens with two attached hydrogens (primary N) is 3. The molecular formula is C27H41N7O6. The SMILES string of the molecule is CC(C)C(NC(=O)C(CCCCN)NC(=O)C(N)CCC(N)=O)C(=O)NC(Cc1c[nH]c2ccccc12)C(=O)O. The number of amides is 4. The zero-order chi connectivity index (χ0) is 29.8. The number of aromatic nitrogens is 1. The van der Waals surface area contributed by atoms with Gasteiger partial charge in [-0.25, -0.2) is 4.79 Å². The standard InChI is InChI=1S/C27H41N7O6/c1-15(2)23(26(38)33-21(27(39)40)13-16-14-31-19-8-4-3-7-17(16)19)34-25(37)20(9-5-6-12-28)32-24(36)18(29)10-11-22(30)35/h3-4,7-8,14-15,18,20-21,23,31H,5-6,9-13,28-29H2,1-2H3,(H2,30,35)(H,32,36)(H,33,38)(H,34,37)(H,39,40). The molecule has 0 aliphatic carbocycles. The van der Waals surface area contributed by atoms with E-state index in [4.69, 9.17) is 17.2 Å². The van der Waals surface area contributed by atoms with Crippen molar-refractivity contribution < 1.29 is 29.1 Å². The second-order valence-electron chi connectivity index (χ2n) is 10.2. The minimum atomic E-state index is -1.24. The number of rotatable bonds is 17. The number of nitrogens with one attached hydrogen (secondary N) is 4. The number of hydrogen-bond acceptors (Lipinski definition) is 7. The fourth-order valence-corrected chi connectivity index (χ4v) is 4.24. The molecule has 2 aromatic rings. The average molecular weight is 560 g/mol. The van der Waals surface area contributed by atoms with Gasteiger partial charge in [-0.05, 0) is 49.8 Å². The van der Waals surface area contributed by atoms with Crippen LogP contribution in [0.5, 0.6) is 0 Å². The van der Waals surface area contributed by atoms with Crippen molar-refractivity contribution in [3.8, 4) is 0 Å². The molecule has 0 aliphatic rings. The number of unbranched alkanes of at least 4 members (excludes halogenated alkanes) is 1. The molecule has 0 spiro atoms. The van der Waals surface area contributed by atoms with Crippen LogP contribution >= 0.6 is 0 Å². The topological polar surface area (TPSA) is 236 Å². The van der Waals surface area contributed by atoms with Gasteiger partial charge < -0.3 is 43.2 Å². The van der Waals surface area contributed by atoms with E-state index in [0.29, 0.717) is 19.4 Å². The molecule has 4 unspecified atom stereocenters. The van der Waals surface area contributed by atoms with Crippen LogP contribution in [0.3, 0.4) is 0 Å². The highest BCUT2D eigenvalue weighted by molar-refractivity contribution is 5.94. The Balaban J connectivity index is 2.13. The summed E-state index contributed by atoms with van der Waals surface area (Å²) < 4.78 is 0. The summed E-state index contributed by atoms with van der Waals surface area (Å²) in [4.78, 5) is 65.2. The maximum Gasteiger partial charge on any atom is 0.326 e. The zero-order valence-electron chi connectivity index (χ0n) is 22.9. The molecule has 0 fully saturated rings. The molecule has 11 N–H and O–H groups in total. The van der Waals surface area contributed by atoms with Crippen molar-refractivity contribution >= 4 is 40.5 Å². The average Bonchev–Trinajstić information content (AvgIpc) is 3.31. The van der Waals surface area contributed by atoms with Crippen molar-refractivity contribution in [2.45, 2.75) is 76.5 Å². The molecule has 0 saturated carbocycles. The van der Waals surface area contributed by atoms with Crippen LogP contribution in [0.25, 0.3) is 10.9 Å². The van der Waals surface area contributed by atoms with E-state index in [-0.39, 0.29) is 25.7 Å². The summed E-state index contributed by atoms with van der Waals surface area (Å²) in [5.41, 5.74) is 18.1. The van der Waals surface area contributed by atoms with E-state index in [1.165, 1.54) is 0 Å². The zero-order valence-corrected chi connectivity index (χ0v) is 22.9. The van der Waals surface area contributed by atoms with E-state index >= 15 is 0 Å². The van der Waals surface area contributed by atoms with Gasteiger partial charge in [0.25, 0.3) is 0 Å². The van der Waals surface area contributed by atoms with Crippen LogP contribution in [0, 0.1) is 5.92 Å². The molecule has 0 saturated heterocycles. The van der Waals surface area contributed by atoms with Crippen LogP contribution in [0.4, 0.5) is 0 Å². The van der Waals surface area contributed by atoms with Crippen LogP contribution in [0.2, 0.25) is 0 Å². The predicted molar refractivity (Wildman–Crippen MR) is 150 cm³/mol. The maximum absolute atomic E-state index is 13.2. The minimum Gasteiger partial charge on any atom is -0.480 e. The Labute approximate surface area is 233 Å². The first-order chi connectivity index (χ1) is 18.9. The third-order valence-electron chi connectivity index (χ3n) is 6.58. The van der Waals surface area contributed by atoms with E-state index in [2.05, 4.69) is 20.9 Å². The highest BCUT2D eigenvalue weighted by atomic mass is 16.4. The molecule has 1 aromatic carbocycles. The van der Waals surface area contributed by atoms with Gasteiger partial charge in [0, 0.05) is 29.9 Å². The van der Waals surface area contributed by atoms with Crippen molar-refractivity contribution in [2.24, 2.45) is 23.1 Å². The molecule has 0 aliphatic heterocycles. The number of carboxylic acids is 1. The molecule has 0 bridgehead atoms. The summed E-state index contributed by atoms with van der Waals surface area (Å²) in [5, 5.41) is 18.5. The maximum atomic E-state index is 13.2. The largest absolute Gasteiger partial charge is 0.480 e. The lowest BCUT2D eigenvalue weighted by molar-refractivity contribution is -0.142. The third kappa shape index (κ3) is 9.65. The predicted octanol–water partition coefficient (Wildman–Crippen LogP) is -0.373. The Kier molecular flexibility index (Phi) is 12.6. The fraction of sp³-hybridized carbons (Fsp3) is 0.519. The fourth-order valence-electron chi connectivity index (χ4n) is 4.24. The van der Waals surface area contributed by atoms with E-state index in [0.717, 1.165) is 16.5 Å². The van der Waals surface area contributed by atoms with E-state index < -0.39 is 59.7 Å². The van der Waals surface area contributed by atoms with Gasteiger partial charge in [-0.1, -0.05) is 32.0 Å². The monoisotopic (exact) mass is 559 g/mol. The summed E-state index contributed by atoms with van der Waals surface area (Å²) in [6, 6.07) is 3.03. The van der Waals surface area contributed by atoms with Gasteiger partial charge in [-0.3, -0.25) is 19.2 Å². The van der Waals surface area contributed by atoms with Crippen LogP contribution in [-0.2, 0) is 30.4 Å². The van der Waals surface area contributed by atoms with Gasteiger partial charge in [-0.15, -0.1) is 0 Å². The minimum absolute atomic E-state index is 0.0162. The van der Waals surface area contributed by atoms with Crippen molar-refractivity contribution in [3.63, 3.8) is 0 Å². The Bertz CT molecular complexity index is 1180. The van der Waals surface area contributed by atoms with E-state index in [1.54, 1.807) is 20.0 Å². The summed E-state index contributed by atoms with van der Waals surface area (Å²) in [6.07, 6.45) is 3.04. The highest BCUT2D eigenvalue weighted by Crippen LogP contribution is 2.19. The van der Waals surface area contributed by atoms with Crippen molar-refractivity contribution in [2.75, 3.05) is 6.54 Å².